The van der Waals surface area contributed by atoms with Gasteiger partial charge in [-0.15, -0.1) is 23.7 Å². The molecular weight excluding hydrogens is 366 g/mol. The maximum Gasteiger partial charge on any atom is 0.277 e. The fraction of sp³-hybridized carbons (Fsp3) is 0.375. The van der Waals surface area contributed by atoms with E-state index in [0.29, 0.717) is 42.6 Å². The second-order valence-corrected chi connectivity index (χ2v) is 5.76. The summed E-state index contributed by atoms with van der Waals surface area (Å²) in [6, 6.07) is 5.31. The molecule has 7 nitrogen and oxygen atoms in total. The molecule has 0 fully saturated rings. The number of amides is 1. The fourth-order valence-electron chi connectivity index (χ4n) is 2.16. The number of ether oxygens (including phenoxy) is 3. The number of benzene rings is 1. The number of carbonyl (C=O) groups excluding carboxylic acids is 1. The lowest BCUT2D eigenvalue weighted by molar-refractivity contribution is 0.0971. The molecule has 9 heteroatoms. The minimum absolute atomic E-state index is 0. The quantitative estimate of drug-likeness (QED) is 0.748. The van der Waals surface area contributed by atoms with Crippen LogP contribution in [-0.4, -0.2) is 45.4 Å². The first-order chi connectivity index (χ1) is 11.6. The Hall–Kier alpha value is -1.87. The largest absolute Gasteiger partial charge is 0.493 e. The zero-order chi connectivity index (χ0) is 17.5. The van der Waals surface area contributed by atoms with Crippen LogP contribution in [0.25, 0.3) is 0 Å². The lowest BCUT2D eigenvalue weighted by Crippen LogP contribution is -2.34. The van der Waals surface area contributed by atoms with E-state index in [0.717, 1.165) is 5.01 Å². The Kier molecular flexibility index (Phi) is 8.64. The van der Waals surface area contributed by atoms with Crippen LogP contribution >= 0.6 is 23.7 Å². The standard InChI is InChI=1S/C16H21N3O4S.ClH/c1-21-7-6-19(16(20)12-10-24-15(9-17)18-12)11-4-5-13(22-2)14(8-11)23-3;/h4-5,8,10H,6-7,9,17H2,1-3H3;1H. The molecule has 138 valence electrons. The normalized spacial score (nSPS) is 10.1. The predicted molar refractivity (Wildman–Crippen MR) is 100 cm³/mol. The first kappa shape index (κ1) is 21.2. The average Bonchev–Trinajstić information content (AvgIpc) is 3.10. The minimum Gasteiger partial charge on any atom is -0.493 e. The molecule has 0 bridgehead atoms. The van der Waals surface area contributed by atoms with E-state index in [1.807, 2.05) is 0 Å². The molecule has 2 aromatic rings. The van der Waals surface area contributed by atoms with Crippen LogP contribution in [0.5, 0.6) is 11.5 Å². The molecule has 0 aliphatic heterocycles. The molecule has 0 saturated carbocycles. The molecule has 1 aromatic heterocycles. The maximum absolute atomic E-state index is 12.8. The van der Waals surface area contributed by atoms with Crippen molar-refractivity contribution in [3.63, 3.8) is 0 Å². The number of hydrogen-bond acceptors (Lipinski definition) is 7. The monoisotopic (exact) mass is 387 g/mol. The zero-order valence-electron chi connectivity index (χ0n) is 14.4. The van der Waals surface area contributed by atoms with Gasteiger partial charge in [0.25, 0.3) is 5.91 Å². The predicted octanol–water partition coefficient (Wildman–Crippen LogP) is 2.33. The smallest absolute Gasteiger partial charge is 0.277 e. The van der Waals surface area contributed by atoms with Crippen LogP contribution in [0.2, 0.25) is 0 Å². The van der Waals surface area contributed by atoms with Crippen molar-refractivity contribution in [1.82, 2.24) is 4.98 Å². The Balaban J connectivity index is 0.00000312. The third kappa shape index (κ3) is 5.05. The van der Waals surface area contributed by atoms with Crippen molar-refractivity contribution in [3.8, 4) is 11.5 Å². The summed E-state index contributed by atoms with van der Waals surface area (Å²) < 4.78 is 15.7. The number of anilines is 1. The van der Waals surface area contributed by atoms with Gasteiger partial charge in [0.1, 0.15) is 10.7 Å². The van der Waals surface area contributed by atoms with E-state index in [1.54, 1.807) is 49.8 Å². The van der Waals surface area contributed by atoms with E-state index in [9.17, 15) is 4.79 Å². The van der Waals surface area contributed by atoms with Crippen LogP contribution in [0.3, 0.4) is 0 Å². The zero-order valence-corrected chi connectivity index (χ0v) is 16.0. The van der Waals surface area contributed by atoms with Crippen LogP contribution in [0, 0.1) is 0 Å². The van der Waals surface area contributed by atoms with E-state index in [1.165, 1.54) is 11.3 Å². The van der Waals surface area contributed by atoms with Gasteiger partial charge >= 0.3 is 0 Å². The highest BCUT2D eigenvalue weighted by molar-refractivity contribution is 7.09. The summed E-state index contributed by atoms with van der Waals surface area (Å²) in [6.07, 6.45) is 0. The molecule has 2 N–H and O–H groups in total. The van der Waals surface area contributed by atoms with Crippen LogP contribution in [0.4, 0.5) is 5.69 Å². The molecular formula is C16H22ClN3O4S. The summed E-state index contributed by atoms with van der Waals surface area (Å²) in [5, 5.41) is 2.43. The Morgan fingerprint density at radius 3 is 2.52 bits per heavy atom. The van der Waals surface area contributed by atoms with Crippen molar-refractivity contribution in [2.45, 2.75) is 6.54 Å². The Morgan fingerprint density at radius 2 is 1.96 bits per heavy atom. The third-order valence-corrected chi connectivity index (χ3v) is 4.26. The van der Waals surface area contributed by atoms with E-state index in [2.05, 4.69) is 4.98 Å². The highest BCUT2D eigenvalue weighted by Crippen LogP contribution is 2.32. The Bertz CT molecular complexity index is 696. The number of halogens is 1. The topological polar surface area (TPSA) is 86.9 Å². The van der Waals surface area contributed by atoms with Crippen LogP contribution in [-0.2, 0) is 11.3 Å². The van der Waals surface area contributed by atoms with Crippen molar-refractivity contribution in [1.29, 1.82) is 0 Å². The number of methoxy groups -OCH3 is 3. The molecule has 0 spiro atoms. The first-order valence-electron chi connectivity index (χ1n) is 7.31. The molecule has 1 aromatic carbocycles. The lowest BCUT2D eigenvalue weighted by atomic mass is 10.2. The van der Waals surface area contributed by atoms with Crippen molar-refractivity contribution in [2.24, 2.45) is 5.73 Å². The van der Waals surface area contributed by atoms with Gasteiger partial charge in [-0.2, -0.15) is 0 Å². The Morgan fingerprint density at radius 1 is 1.24 bits per heavy atom. The van der Waals surface area contributed by atoms with Gasteiger partial charge in [0, 0.05) is 37.3 Å². The molecule has 0 atom stereocenters. The van der Waals surface area contributed by atoms with Crippen LogP contribution in [0.15, 0.2) is 23.6 Å². The van der Waals surface area contributed by atoms with Gasteiger partial charge in [0.2, 0.25) is 0 Å². The van der Waals surface area contributed by atoms with Gasteiger partial charge < -0.3 is 24.8 Å². The van der Waals surface area contributed by atoms with Crippen molar-refractivity contribution in [3.05, 3.63) is 34.3 Å². The number of carbonyl (C=O) groups is 1. The molecule has 0 unspecified atom stereocenters. The van der Waals surface area contributed by atoms with Gasteiger partial charge in [0.05, 0.1) is 20.8 Å². The maximum atomic E-state index is 12.8. The third-order valence-electron chi connectivity index (χ3n) is 3.39. The molecule has 0 saturated heterocycles. The summed E-state index contributed by atoms with van der Waals surface area (Å²) in [5.74, 6) is 0.931. The summed E-state index contributed by atoms with van der Waals surface area (Å²) in [7, 11) is 4.71. The average molecular weight is 388 g/mol. The van der Waals surface area contributed by atoms with Gasteiger partial charge in [-0.3, -0.25) is 4.79 Å². The lowest BCUT2D eigenvalue weighted by Gasteiger charge is -2.22. The molecule has 0 radical (unpaired) electrons. The molecule has 25 heavy (non-hydrogen) atoms. The number of hydrogen-bond donors (Lipinski definition) is 1. The minimum atomic E-state index is -0.213. The summed E-state index contributed by atoms with van der Waals surface area (Å²) in [4.78, 5) is 18.7. The van der Waals surface area contributed by atoms with Crippen molar-refractivity contribution >= 4 is 35.3 Å². The van der Waals surface area contributed by atoms with Crippen LogP contribution in [0.1, 0.15) is 15.5 Å². The second-order valence-electron chi connectivity index (χ2n) is 4.82. The van der Waals surface area contributed by atoms with Crippen LogP contribution < -0.4 is 20.1 Å². The second kappa shape index (κ2) is 10.2. The highest BCUT2D eigenvalue weighted by Gasteiger charge is 2.21. The first-order valence-corrected chi connectivity index (χ1v) is 8.19. The highest BCUT2D eigenvalue weighted by atomic mass is 35.5. The van der Waals surface area contributed by atoms with E-state index in [4.69, 9.17) is 19.9 Å². The molecule has 0 aliphatic rings. The molecule has 1 amide bonds. The van der Waals surface area contributed by atoms with Gasteiger partial charge in [0.15, 0.2) is 11.5 Å². The van der Waals surface area contributed by atoms with Crippen molar-refractivity contribution < 1.29 is 19.0 Å². The fourth-order valence-corrected chi connectivity index (χ4v) is 2.81. The Labute approximate surface area is 157 Å². The number of nitrogens with zero attached hydrogens (tertiary/aromatic N) is 2. The molecule has 2 rings (SSSR count). The van der Waals surface area contributed by atoms with E-state index in [-0.39, 0.29) is 18.3 Å². The number of aromatic nitrogens is 1. The summed E-state index contributed by atoms with van der Waals surface area (Å²) in [6.45, 7) is 1.10. The molecule has 1 heterocycles. The van der Waals surface area contributed by atoms with E-state index >= 15 is 0 Å². The number of rotatable bonds is 8. The SMILES string of the molecule is COCCN(C(=O)c1csc(CN)n1)c1ccc(OC)c(OC)c1.Cl. The molecule has 0 aliphatic carbocycles. The number of nitrogens with two attached hydrogens (primary N) is 1. The van der Waals surface area contributed by atoms with Gasteiger partial charge in [-0.1, -0.05) is 0 Å². The van der Waals surface area contributed by atoms with Gasteiger partial charge in [-0.05, 0) is 12.1 Å². The number of thiazole rings is 1. The summed E-state index contributed by atoms with van der Waals surface area (Å²) in [5.41, 5.74) is 6.62. The van der Waals surface area contributed by atoms with Gasteiger partial charge in [-0.25, -0.2) is 4.98 Å². The van der Waals surface area contributed by atoms with E-state index < -0.39 is 0 Å². The summed E-state index contributed by atoms with van der Waals surface area (Å²) >= 11 is 1.37. The van der Waals surface area contributed by atoms with Crippen molar-refractivity contribution in [2.75, 3.05) is 39.4 Å².